The number of halogens is 3. The molecule has 0 saturated carbocycles. The summed E-state index contributed by atoms with van der Waals surface area (Å²) in [5.41, 5.74) is -0.302. The second kappa shape index (κ2) is 10.6. The van der Waals surface area contributed by atoms with E-state index < -0.39 is 23.3 Å². The highest BCUT2D eigenvalue weighted by Gasteiger charge is 2.32. The first kappa shape index (κ1) is 24.7. The molecule has 2 rings (SSSR count). The molecule has 3 nitrogen and oxygen atoms in total. The average molecular weight is 451 g/mol. The van der Waals surface area contributed by atoms with Gasteiger partial charge in [-0.05, 0) is 75.7 Å². The molecular formula is C24H25F3O3S. The molecule has 0 N–H and O–H groups in total. The highest BCUT2D eigenvalue weighted by atomic mass is 32.2. The number of hydrogen-bond acceptors (Lipinski definition) is 4. The van der Waals surface area contributed by atoms with Gasteiger partial charge in [0, 0.05) is 22.6 Å². The fourth-order valence-electron chi connectivity index (χ4n) is 2.57. The van der Waals surface area contributed by atoms with E-state index >= 15 is 0 Å². The summed E-state index contributed by atoms with van der Waals surface area (Å²) < 4.78 is 48.6. The number of alkyl halides is 3. The third-order valence-electron chi connectivity index (χ3n) is 4.22. The fraction of sp³-hybridized carbons (Fsp3) is 0.375. The quantitative estimate of drug-likeness (QED) is 0.216. The van der Waals surface area contributed by atoms with Crippen molar-refractivity contribution in [3.05, 3.63) is 59.2 Å². The van der Waals surface area contributed by atoms with Gasteiger partial charge in [0.15, 0.2) is 5.60 Å². The Kier molecular flexibility index (Phi) is 8.46. The van der Waals surface area contributed by atoms with E-state index in [1.807, 2.05) is 25.1 Å². The molecule has 0 aromatic heterocycles. The summed E-state index contributed by atoms with van der Waals surface area (Å²) in [7, 11) is 0. The molecule has 0 saturated heterocycles. The van der Waals surface area contributed by atoms with Crippen molar-refractivity contribution in [3.8, 4) is 17.6 Å². The number of ether oxygens (including phenoxy) is 2. The molecule has 2 aromatic rings. The van der Waals surface area contributed by atoms with Crippen LogP contribution >= 0.6 is 11.8 Å². The van der Waals surface area contributed by atoms with E-state index in [-0.39, 0.29) is 0 Å². The number of rotatable bonds is 7. The lowest BCUT2D eigenvalue weighted by molar-refractivity contribution is -0.158. The van der Waals surface area contributed by atoms with Crippen LogP contribution in [0, 0.1) is 18.8 Å². The monoisotopic (exact) mass is 450 g/mol. The minimum absolute atomic E-state index is 0.294. The average Bonchev–Trinajstić information content (AvgIpc) is 2.69. The van der Waals surface area contributed by atoms with Crippen molar-refractivity contribution in [1.82, 2.24) is 0 Å². The van der Waals surface area contributed by atoms with E-state index in [4.69, 9.17) is 9.47 Å². The van der Waals surface area contributed by atoms with Gasteiger partial charge in [0.2, 0.25) is 0 Å². The Balaban J connectivity index is 1.88. The predicted octanol–water partition coefficient (Wildman–Crippen LogP) is 6.27. The lowest BCUT2D eigenvalue weighted by Crippen LogP contribution is -2.39. The maximum atomic E-state index is 12.6. The normalized spacial score (nSPS) is 11.5. The van der Waals surface area contributed by atoms with E-state index in [9.17, 15) is 18.0 Å². The van der Waals surface area contributed by atoms with Crippen molar-refractivity contribution in [2.45, 2.75) is 50.8 Å². The van der Waals surface area contributed by atoms with Crippen LogP contribution in [0.1, 0.15) is 43.9 Å². The van der Waals surface area contributed by atoms with Crippen LogP contribution in [0.3, 0.4) is 0 Å². The second-order valence-corrected chi connectivity index (χ2v) is 8.40. The Morgan fingerprint density at radius 1 is 1.10 bits per heavy atom. The molecule has 0 unspecified atom stereocenters. The Bertz CT molecular complexity index is 955. The van der Waals surface area contributed by atoms with Gasteiger partial charge in [0.25, 0.3) is 0 Å². The zero-order valence-corrected chi connectivity index (χ0v) is 18.7. The van der Waals surface area contributed by atoms with Crippen molar-refractivity contribution in [1.29, 1.82) is 0 Å². The Hall–Kier alpha value is -2.59. The second-order valence-electron chi connectivity index (χ2n) is 7.24. The molecule has 0 amide bonds. The van der Waals surface area contributed by atoms with Crippen LogP contribution in [-0.4, -0.2) is 23.9 Å². The SMILES string of the molecule is CCOC(=O)C(C)(C)Oc1ccc(SCCC#Cc2ccc(C(F)(F)F)cc2)cc1C. The van der Waals surface area contributed by atoms with Crippen LogP contribution in [0.4, 0.5) is 13.2 Å². The molecule has 0 fully saturated rings. The van der Waals surface area contributed by atoms with Crippen LogP contribution in [0.2, 0.25) is 0 Å². The van der Waals surface area contributed by atoms with E-state index in [2.05, 4.69) is 11.8 Å². The lowest BCUT2D eigenvalue weighted by atomic mass is 10.1. The molecule has 2 aromatic carbocycles. The summed E-state index contributed by atoms with van der Waals surface area (Å²) in [5, 5.41) is 0. The molecule has 0 aliphatic heterocycles. The van der Waals surface area contributed by atoms with Crippen molar-refractivity contribution in [3.63, 3.8) is 0 Å². The third-order valence-corrected chi connectivity index (χ3v) is 5.21. The first-order valence-corrected chi connectivity index (χ1v) is 10.8. The van der Waals surface area contributed by atoms with Gasteiger partial charge >= 0.3 is 12.1 Å². The largest absolute Gasteiger partial charge is 0.476 e. The van der Waals surface area contributed by atoms with E-state index in [1.165, 1.54) is 12.1 Å². The van der Waals surface area contributed by atoms with E-state index in [0.29, 0.717) is 24.3 Å². The van der Waals surface area contributed by atoms with Crippen molar-refractivity contribution >= 4 is 17.7 Å². The molecule has 0 atom stereocenters. The highest BCUT2D eigenvalue weighted by Crippen LogP contribution is 2.30. The lowest BCUT2D eigenvalue weighted by Gasteiger charge is -2.25. The Morgan fingerprint density at radius 3 is 2.35 bits per heavy atom. The van der Waals surface area contributed by atoms with Crippen molar-refractivity contribution in [2.75, 3.05) is 12.4 Å². The molecule has 0 heterocycles. The molecule has 166 valence electrons. The zero-order chi connectivity index (χ0) is 23.1. The Labute approximate surface area is 185 Å². The summed E-state index contributed by atoms with van der Waals surface area (Å²) in [6, 6.07) is 10.5. The standard InChI is InChI=1S/C24H25F3O3S/c1-5-29-22(28)23(3,4)30-21-14-13-20(16-17(21)2)31-15-7-6-8-18-9-11-19(12-10-18)24(25,26)27/h9-14,16H,5,7,15H2,1-4H3. The summed E-state index contributed by atoms with van der Waals surface area (Å²) in [6.45, 7) is 7.29. The summed E-state index contributed by atoms with van der Waals surface area (Å²) >= 11 is 1.62. The van der Waals surface area contributed by atoms with Crippen LogP contribution in [0.25, 0.3) is 0 Å². The summed E-state index contributed by atoms with van der Waals surface area (Å²) in [4.78, 5) is 13.0. The molecule has 0 radical (unpaired) electrons. The van der Waals surface area contributed by atoms with Gasteiger partial charge in [-0.2, -0.15) is 13.2 Å². The van der Waals surface area contributed by atoms with E-state index in [0.717, 1.165) is 28.3 Å². The van der Waals surface area contributed by atoms with Gasteiger partial charge < -0.3 is 9.47 Å². The van der Waals surface area contributed by atoms with Gasteiger partial charge in [0.1, 0.15) is 5.75 Å². The molecule has 7 heteroatoms. The van der Waals surface area contributed by atoms with Crippen LogP contribution in [0.15, 0.2) is 47.4 Å². The zero-order valence-electron chi connectivity index (χ0n) is 17.9. The van der Waals surface area contributed by atoms with Gasteiger partial charge in [-0.25, -0.2) is 4.79 Å². The molecule has 0 bridgehead atoms. The number of esters is 1. The number of benzene rings is 2. The fourth-order valence-corrected chi connectivity index (χ4v) is 3.44. The predicted molar refractivity (Wildman–Crippen MR) is 116 cm³/mol. The van der Waals surface area contributed by atoms with E-state index in [1.54, 1.807) is 32.5 Å². The van der Waals surface area contributed by atoms with Gasteiger partial charge in [-0.1, -0.05) is 11.8 Å². The first-order chi connectivity index (χ1) is 14.5. The first-order valence-electron chi connectivity index (χ1n) is 9.78. The van der Waals surface area contributed by atoms with Gasteiger partial charge in [-0.15, -0.1) is 11.8 Å². The van der Waals surface area contributed by atoms with Crippen LogP contribution in [-0.2, 0) is 15.7 Å². The molecule has 0 spiro atoms. The number of aryl methyl sites for hydroxylation is 1. The summed E-state index contributed by atoms with van der Waals surface area (Å²) in [5.74, 6) is 6.80. The van der Waals surface area contributed by atoms with Crippen molar-refractivity contribution < 1.29 is 27.4 Å². The van der Waals surface area contributed by atoms with Gasteiger partial charge in [0.05, 0.1) is 12.2 Å². The molecule has 0 aliphatic carbocycles. The van der Waals surface area contributed by atoms with Gasteiger partial charge in [-0.3, -0.25) is 0 Å². The minimum Gasteiger partial charge on any atom is -0.476 e. The molecule has 0 aliphatic rings. The molecule has 31 heavy (non-hydrogen) atoms. The van der Waals surface area contributed by atoms with Crippen molar-refractivity contribution in [2.24, 2.45) is 0 Å². The number of carbonyl (C=O) groups is 1. The smallest absolute Gasteiger partial charge is 0.416 e. The topological polar surface area (TPSA) is 35.5 Å². The van der Waals surface area contributed by atoms with Crippen LogP contribution < -0.4 is 4.74 Å². The highest BCUT2D eigenvalue weighted by molar-refractivity contribution is 7.99. The summed E-state index contributed by atoms with van der Waals surface area (Å²) in [6.07, 6.45) is -3.74. The van der Waals surface area contributed by atoms with Crippen LogP contribution in [0.5, 0.6) is 5.75 Å². The Morgan fingerprint density at radius 2 is 1.77 bits per heavy atom. The maximum absolute atomic E-state index is 12.6. The molecular weight excluding hydrogens is 425 g/mol. The number of thioether (sulfide) groups is 1. The number of hydrogen-bond donors (Lipinski definition) is 0. The number of carbonyl (C=O) groups excluding carboxylic acids is 1. The third kappa shape index (κ3) is 7.55. The maximum Gasteiger partial charge on any atom is 0.416 e. The minimum atomic E-state index is -4.34.